The first-order valence-electron chi connectivity index (χ1n) is 7.04. The van der Waals surface area contributed by atoms with Gasteiger partial charge in [-0.1, -0.05) is 0 Å². The van der Waals surface area contributed by atoms with Gasteiger partial charge >= 0.3 is 6.61 Å². The molecule has 5 nitrogen and oxygen atoms in total. The normalized spacial score (nSPS) is 11.5. The van der Waals surface area contributed by atoms with Crippen molar-refractivity contribution < 1.29 is 13.5 Å². The lowest BCUT2D eigenvalue weighted by atomic mass is 10.1. The number of halogens is 2. The van der Waals surface area contributed by atoms with Crippen LogP contribution in [0.3, 0.4) is 0 Å². The zero-order chi connectivity index (χ0) is 16.7. The lowest BCUT2D eigenvalue weighted by molar-refractivity contribution is -0.0528. The van der Waals surface area contributed by atoms with Crippen LogP contribution in [0.15, 0.2) is 36.7 Å². The Morgan fingerprint density at radius 2 is 2.04 bits per heavy atom. The van der Waals surface area contributed by atoms with E-state index in [4.69, 9.17) is 0 Å². The molecule has 1 aromatic carbocycles. The van der Waals surface area contributed by atoms with Gasteiger partial charge in [-0.2, -0.15) is 8.78 Å². The Bertz CT molecular complexity index is 1020. The van der Waals surface area contributed by atoms with Gasteiger partial charge in [-0.25, -0.2) is 19.9 Å². The van der Waals surface area contributed by atoms with Crippen LogP contribution >= 0.6 is 11.3 Å². The van der Waals surface area contributed by atoms with Crippen LogP contribution in [-0.4, -0.2) is 26.5 Å². The van der Waals surface area contributed by atoms with Crippen LogP contribution in [0.1, 0.15) is 5.56 Å². The van der Waals surface area contributed by atoms with Gasteiger partial charge in [0, 0.05) is 11.8 Å². The van der Waals surface area contributed by atoms with E-state index in [1.165, 1.54) is 17.5 Å². The zero-order valence-electron chi connectivity index (χ0n) is 12.4. The Morgan fingerprint density at radius 3 is 2.83 bits per heavy atom. The Hall–Kier alpha value is -2.74. The molecule has 8 heteroatoms. The highest BCUT2D eigenvalue weighted by Crippen LogP contribution is 2.34. The third kappa shape index (κ3) is 2.65. The summed E-state index contributed by atoms with van der Waals surface area (Å²) in [5.41, 5.74) is 3.45. The van der Waals surface area contributed by atoms with E-state index in [-0.39, 0.29) is 5.88 Å². The molecule has 0 fully saturated rings. The van der Waals surface area contributed by atoms with Crippen LogP contribution in [0.2, 0.25) is 0 Å². The molecule has 0 aliphatic carbocycles. The fraction of sp³-hybridized carbons (Fsp3) is 0.125. The predicted octanol–water partition coefficient (Wildman–Crippen LogP) is 4.21. The van der Waals surface area contributed by atoms with E-state index < -0.39 is 6.61 Å². The van der Waals surface area contributed by atoms with E-state index in [1.807, 2.05) is 25.1 Å². The number of aryl methyl sites for hydroxylation is 1. The Morgan fingerprint density at radius 1 is 1.17 bits per heavy atom. The summed E-state index contributed by atoms with van der Waals surface area (Å²) in [4.78, 5) is 17.1. The number of benzene rings is 1. The average molecular weight is 344 g/mol. The summed E-state index contributed by atoms with van der Waals surface area (Å²) in [5, 5.41) is 0.759. The molecule has 0 bridgehead atoms. The lowest BCUT2D eigenvalue weighted by Gasteiger charge is -2.07. The van der Waals surface area contributed by atoms with Gasteiger partial charge in [0.15, 0.2) is 5.65 Å². The molecule has 120 valence electrons. The van der Waals surface area contributed by atoms with Gasteiger partial charge in [-0.3, -0.25) is 0 Å². The molecule has 0 saturated heterocycles. The standard InChI is InChI=1S/C16H10F2N4OS/c1-8-5-9(15-22-14-11(24-15)3-2-4-19-14)13-10(6-8)21-12(7-20-13)23-16(17)18/h2-7,16H,1H3. The maximum Gasteiger partial charge on any atom is 0.388 e. The van der Waals surface area contributed by atoms with Crippen molar-refractivity contribution in [1.29, 1.82) is 0 Å². The van der Waals surface area contributed by atoms with Gasteiger partial charge in [0.2, 0.25) is 5.88 Å². The molecule has 24 heavy (non-hydrogen) atoms. The van der Waals surface area contributed by atoms with E-state index >= 15 is 0 Å². The number of pyridine rings is 1. The number of ether oxygens (including phenoxy) is 1. The van der Waals surface area contributed by atoms with E-state index in [9.17, 15) is 8.78 Å². The molecule has 0 amide bonds. The summed E-state index contributed by atoms with van der Waals surface area (Å²) in [6.45, 7) is -1.03. The van der Waals surface area contributed by atoms with Gasteiger partial charge in [0.05, 0.1) is 21.9 Å². The largest absolute Gasteiger partial charge is 0.415 e. The van der Waals surface area contributed by atoms with Gasteiger partial charge < -0.3 is 4.74 Å². The van der Waals surface area contributed by atoms with Crippen LogP contribution in [-0.2, 0) is 0 Å². The number of hydrogen-bond acceptors (Lipinski definition) is 6. The summed E-state index contributed by atoms with van der Waals surface area (Å²) in [5.74, 6) is -0.208. The van der Waals surface area contributed by atoms with E-state index in [2.05, 4.69) is 24.7 Å². The van der Waals surface area contributed by atoms with Crippen molar-refractivity contribution in [2.75, 3.05) is 0 Å². The van der Waals surface area contributed by atoms with Gasteiger partial charge in [0.1, 0.15) is 5.01 Å². The fourth-order valence-corrected chi connectivity index (χ4v) is 3.39. The molecule has 0 aliphatic heterocycles. The second-order valence-corrected chi connectivity index (χ2v) is 6.14. The number of hydrogen-bond donors (Lipinski definition) is 0. The summed E-state index contributed by atoms with van der Waals surface area (Å²) in [7, 11) is 0. The summed E-state index contributed by atoms with van der Waals surface area (Å²) in [6, 6.07) is 7.52. The van der Waals surface area contributed by atoms with Crippen LogP contribution < -0.4 is 4.74 Å². The number of nitrogens with zero attached hydrogens (tertiary/aromatic N) is 4. The second kappa shape index (κ2) is 5.72. The molecular formula is C16H10F2N4OS. The first-order valence-corrected chi connectivity index (χ1v) is 7.86. The molecule has 0 unspecified atom stereocenters. The third-order valence-electron chi connectivity index (χ3n) is 3.37. The van der Waals surface area contributed by atoms with Gasteiger partial charge in [-0.15, -0.1) is 11.3 Å². The number of thiazole rings is 1. The van der Waals surface area contributed by atoms with Crippen LogP contribution in [0, 0.1) is 6.92 Å². The molecule has 3 heterocycles. The molecule has 0 N–H and O–H groups in total. The van der Waals surface area contributed by atoms with Crippen molar-refractivity contribution in [3.05, 3.63) is 42.2 Å². The smallest absolute Gasteiger partial charge is 0.388 e. The highest BCUT2D eigenvalue weighted by molar-refractivity contribution is 7.21. The quantitative estimate of drug-likeness (QED) is 0.557. The van der Waals surface area contributed by atoms with Crippen molar-refractivity contribution in [2.24, 2.45) is 0 Å². The highest BCUT2D eigenvalue weighted by atomic mass is 32.1. The Kier molecular flexibility index (Phi) is 3.53. The summed E-state index contributed by atoms with van der Waals surface area (Å²) in [6.07, 6.45) is 2.88. The third-order valence-corrected chi connectivity index (χ3v) is 4.42. The van der Waals surface area contributed by atoms with Crippen molar-refractivity contribution in [3.8, 4) is 16.5 Å². The monoisotopic (exact) mass is 344 g/mol. The zero-order valence-corrected chi connectivity index (χ0v) is 13.2. The predicted molar refractivity (Wildman–Crippen MR) is 87.3 cm³/mol. The number of alkyl halides is 2. The van der Waals surface area contributed by atoms with Crippen molar-refractivity contribution >= 4 is 32.7 Å². The topological polar surface area (TPSA) is 60.8 Å². The van der Waals surface area contributed by atoms with Crippen LogP contribution in [0.25, 0.3) is 32.0 Å². The molecule has 0 spiro atoms. The first-order chi connectivity index (χ1) is 11.6. The molecule has 4 aromatic rings. The Balaban J connectivity index is 1.91. The molecular weight excluding hydrogens is 334 g/mol. The number of aromatic nitrogens is 4. The average Bonchev–Trinajstić information content (AvgIpc) is 2.97. The summed E-state index contributed by atoms with van der Waals surface area (Å²) < 4.78 is 30.0. The van der Waals surface area contributed by atoms with Crippen molar-refractivity contribution in [1.82, 2.24) is 19.9 Å². The second-order valence-electron chi connectivity index (χ2n) is 5.11. The summed E-state index contributed by atoms with van der Waals surface area (Å²) >= 11 is 1.50. The molecule has 0 saturated carbocycles. The first kappa shape index (κ1) is 14.8. The van der Waals surface area contributed by atoms with Crippen LogP contribution in [0.4, 0.5) is 8.78 Å². The van der Waals surface area contributed by atoms with Gasteiger partial charge in [-0.05, 0) is 36.8 Å². The SMILES string of the molecule is Cc1cc(-c2nc3ncccc3s2)c2ncc(OC(F)F)nc2c1. The van der Waals surface area contributed by atoms with Crippen molar-refractivity contribution in [2.45, 2.75) is 13.5 Å². The van der Waals surface area contributed by atoms with Crippen LogP contribution in [0.5, 0.6) is 5.88 Å². The maximum absolute atomic E-state index is 12.4. The number of fused-ring (bicyclic) bond motifs is 2. The minimum atomic E-state index is -2.93. The fourth-order valence-electron chi connectivity index (χ4n) is 2.44. The number of rotatable bonds is 3. The van der Waals surface area contributed by atoms with E-state index in [1.54, 1.807) is 12.3 Å². The maximum atomic E-state index is 12.4. The van der Waals surface area contributed by atoms with E-state index in [0.29, 0.717) is 16.7 Å². The molecule has 3 aromatic heterocycles. The lowest BCUT2D eigenvalue weighted by Crippen LogP contribution is -2.04. The molecule has 0 aliphatic rings. The Labute approximate surface area is 139 Å². The highest BCUT2D eigenvalue weighted by Gasteiger charge is 2.14. The van der Waals surface area contributed by atoms with Crippen molar-refractivity contribution in [3.63, 3.8) is 0 Å². The molecule has 4 rings (SSSR count). The van der Waals surface area contributed by atoms with E-state index in [0.717, 1.165) is 20.8 Å². The minimum Gasteiger partial charge on any atom is -0.415 e. The molecule has 0 radical (unpaired) electrons. The minimum absolute atomic E-state index is 0.208. The van der Waals surface area contributed by atoms with Gasteiger partial charge in [0.25, 0.3) is 0 Å². The molecule has 0 atom stereocenters.